The molecule has 2 heterocycles. The fraction of sp³-hybridized carbons (Fsp3) is 0.458. The summed E-state index contributed by atoms with van der Waals surface area (Å²) in [6.45, 7) is 0.959. The number of halogens is 8. The molecule has 226 valence electrons. The van der Waals surface area contributed by atoms with E-state index in [2.05, 4.69) is 5.10 Å². The summed E-state index contributed by atoms with van der Waals surface area (Å²) in [5.41, 5.74) is -6.88. The summed E-state index contributed by atoms with van der Waals surface area (Å²) in [4.78, 5) is 1.84. The highest BCUT2D eigenvalue weighted by molar-refractivity contribution is 7.86. The van der Waals surface area contributed by atoms with Gasteiger partial charge < -0.3 is 10.0 Å². The predicted molar refractivity (Wildman–Crippen MR) is 134 cm³/mol. The maximum Gasteiger partial charge on any atom is 0.431 e. The molecule has 17 heteroatoms. The Bertz CT molecular complexity index is 1390. The van der Waals surface area contributed by atoms with Crippen LogP contribution in [0.15, 0.2) is 47.6 Å². The van der Waals surface area contributed by atoms with Crippen LogP contribution in [0.5, 0.6) is 0 Å². The molecule has 0 spiro atoms. The number of nitrogens with zero attached hydrogens (tertiary/aromatic N) is 5. The van der Waals surface area contributed by atoms with Crippen molar-refractivity contribution in [1.29, 1.82) is 0 Å². The van der Waals surface area contributed by atoms with Crippen LogP contribution in [0.2, 0.25) is 0 Å². The Hall–Kier alpha value is -3.02. The molecule has 0 aliphatic carbocycles. The van der Waals surface area contributed by atoms with E-state index in [9.17, 15) is 48.6 Å². The van der Waals surface area contributed by atoms with Crippen LogP contribution in [-0.2, 0) is 10.2 Å². The third-order valence-corrected chi connectivity index (χ3v) is 8.92. The number of hydrazone groups is 1. The Kier molecular flexibility index (Phi) is 8.05. The van der Waals surface area contributed by atoms with Crippen molar-refractivity contribution in [2.75, 3.05) is 50.2 Å². The lowest BCUT2D eigenvalue weighted by Gasteiger charge is -2.36. The Morgan fingerprint density at radius 2 is 1.46 bits per heavy atom. The van der Waals surface area contributed by atoms with Gasteiger partial charge in [0.1, 0.15) is 5.82 Å². The molecule has 0 aromatic heterocycles. The van der Waals surface area contributed by atoms with Gasteiger partial charge in [-0.15, -0.1) is 0 Å². The van der Waals surface area contributed by atoms with Crippen molar-refractivity contribution in [3.05, 3.63) is 59.7 Å². The van der Waals surface area contributed by atoms with Gasteiger partial charge in [-0.25, -0.2) is 8.78 Å². The van der Waals surface area contributed by atoms with Gasteiger partial charge in [0.25, 0.3) is 15.8 Å². The minimum absolute atomic E-state index is 0.136. The average Bonchev–Trinajstić information content (AvgIpc) is 3.32. The van der Waals surface area contributed by atoms with Crippen molar-refractivity contribution < 1.29 is 48.6 Å². The van der Waals surface area contributed by atoms with E-state index in [4.69, 9.17) is 0 Å². The third-order valence-electron chi connectivity index (χ3n) is 6.97. The van der Waals surface area contributed by atoms with Gasteiger partial charge in [-0.2, -0.15) is 48.5 Å². The van der Waals surface area contributed by atoms with E-state index < -0.39 is 63.7 Å². The van der Waals surface area contributed by atoms with Crippen LogP contribution in [0.4, 0.5) is 46.5 Å². The SMILES string of the molecule is CN(C)S(=O)(=O)N1CCN(c2ccc(C3CC(C(O)(C(F)(F)F)C(F)(F)F)=NN3c3ccc(F)cc3F)cc2)CC1. The highest BCUT2D eigenvalue weighted by atomic mass is 32.2. The van der Waals surface area contributed by atoms with Crippen molar-refractivity contribution >= 4 is 27.3 Å². The average molecular weight is 616 g/mol. The standard InChI is InChI=1S/C24H25F8N5O3S/c1-34(2)41(39,40)36-11-9-35(10-12-36)17-6-3-15(4-7-17)20-14-21(22(38,23(27,28)29)24(30,31)32)33-37(20)19-8-5-16(25)13-18(19)26/h3-8,13,20,38H,9-12,14H2,1-2H3. The molecule has 4 rings (SSSR count). The maximum atomic E-state index is 14.6. The fourth-order valence-electron chi connectivity index (χ4n) is 4.68. The van der Waals surface area contributed by atoms with E-state index >= 15 is 0 Å². The lowest BCUT2D eigenvalue weighted by molar-refractivity contribution is -0.338. The summed E-state index contributed by atoms with van der Waals surface area (Å²) in [6.07, 6.45) is -13.5. The van der Waals surface area contributed by atoms with E-state index in [1.165, 1.54) is 42.7 Å². The van der Waals surface area contributed by atoms with Crippen molar-refractivity contribution in [2.45, 2.75) is 30.4 Å². The molecule has 1 atom stereocenters. The molecule has 0 amide bonds. The number of aliphatic hydroxyl groups is 1. The number of hydrogen-bond acceptors (Lipinski definition) is 6. The molecular weight excluding hydrogens is 590 g/mol. The van der Waals surface area contributed by atoms with Crippen LogP contribution in [0.25, 0.3) is 0 Å². The zero-order valence-corrected chi connectivity index (χ0v) is 22.4. The third kappa shape index (κ3) is 5.59. The largest absolute Gasteiger partial charge is 0.431 e. The van der Waals surface area contributed by atoms with Crippen molar-refractivity contribution in [2.24, 2.45) is 5.10 Å². The molecule has 2 aromatic carbocycles. The molecule has 2 aliphatic rings. The van der Waals surface area contributed by atoms with Crippen LogP contribution >= 0.6 is 0 Å². The Balaban J connectivity index is 1.65. The second kappa shape index (κ2) is 10.7. The summed E-state index contributed by atoms with van der Waals surface area (Å²) >= 11 is 0. The Morgan fingerprint density at radius 3 is 1.95 bits per heavy atom. The molecule has 8 nitrogen and oxygen atoms in total. The zero-order chi connectivity index (χ0) is 30.5. The number of anilines is 2. The van der Waals surface area contributed by atoms with Crippen molar-refractivity contribution in [1.82, 2.24) is 8.61 Å². The van der Waals surface area contributed by atoms with E-state index in [1.807, 2.05) is 4.90 Å². The van der Waals surface area contributed by atoms with Gasteiger partial charge in [0.05, 0.1) is 17.4 Å². The first-order valence-electron chi connectivity index (χ1n) is 12.1. The topological polar surface area (TPSA) is 79.7 Å². The van der Waals surface area contributed by atoms with Crippen LogP contribution in [0.1, 0.15) is 18.0 Å². The monoisotopic (exact) mass is 615 g/mol. The summed E-state index contributed by atoms with van der Waals surface area (Å²) in [6, 6.07) is 6.43. The minimum Gasteiger partial charge on any atom is -0.369 e. The minimum atomic E-state index is -6.20. The first-order chi connectivity index (χ1) is 18.9. The molecule has 2 aromatic rings. The molecule has 0 bridgehead atoms. The summed E-state index contributed by atoms with van der Waals surface area (Å²) in [5, 5.41) is 13.9. The molecule has 41 heavy (non-hydrogen) atoms. The van der Waals surface area contributed by atoms with E-state index in [0.717, 1.165) is 16.4 Å². The number of hydrogen-bond donors (Lipinski definition) is 1. The zero-order valence-electron chi connectivity index (χ0n) is 21.6. The van der Waals surface area contributed by atoms with E-state index in [0.29, 0.717) is 29.9 Å². The molecule has 1 unspecified atom stereocenters. The first-order valence-corrected chi connectivity index (χ1v) is 13.5. The molecular formula is C24H25F8N5O3S. The second-order valence-corrected chi connectivity index (χ2v) is 11.8. The van der Waals surface area contributed by atoms with Gasteiger partial charge in [-0.3, -0.25) is 5.01 Å². The lowest BCUT2D eigenvalue weighted by atomic mass is 9.90. The number of benzene rings is 2. The number of alkyl halides is 6. The first kappa shape index (κ1) is 30.9. The summed E-state index contributed by atoms with van der Waals surface area (Å²) in [7, 11) is -0.800. The van der Waals surface area contributed by atoms with Crippen molar-refractivity contribution in [3.63, 3.8) is 0 Å². The van der Waals surface area contributed by atoms with Gasteiger partial charge in [-0.1, -0.05) is 12.1 Å². The highest BCUT2D eigenvalue weighted by Gasteiger charge is 2.74. The number of rotatable bonds is 6. The molecule has 1 fully saturated rings. The predicted octanol–water partition coefficient (Wildman–Crippen LogP) is 4.06. The Morgan fingerprint density at radius 1 is 0.902 bits per heavy atom. The van der Waals surface area contributed by atoms with Crippen LogP contribution < -0.4 is 9.91 Å². The second-order valence-electron chi connectivity index (χ2n) is 9.68. The van der Waals surface area contributed by atoms with E-state index in [1.54, 1.807) is 0 Å². The molecule has 1 saturated heterocycles. The van der Waals surface area contributed by atoms with Crippen LogP contribution in [-0.4, -0.2) is 86.1 Å². The van der Waals surface area contributed by atoms with Gasteiger partial charge in [0.2, 0.25) is 0 Å². The molecule has 0 radical (unpaired) electrons. The quantitative estimate of drug-likeness (QED) is 0.497. The summed E-state index contributed by atoms with van der Waals surface area (Å²) < 4.78 is 137. The molecule has 0 saturated carbocycles. The number of piperazine rings is 1. The fourth-order valence-corrected chi connectivity index (χ4v) is 5.77. The van der Waals surface area contributed by atoms with Gasteiger partial charge in [-0.05, 0) is 29.8 Å². The van der Waals surface area contributed by atoms with E-state index in [-0.39, 0.29) is 18.7 Å². The summed E-state index contributed by atoms with van der Waals surface area (Å²) in [5.74, 6) is -2.32. The van der Waals surface area contributed by atoms with Gasteiger partial charge in [0, 0.05) is 58.4 Å². The Labute approximate surface area is 230 Å². The smallest absolute Gasteiger partial charge is 0.369 e. The van der Waals surface area contributed by atoms with Gasteiger partial charge >= 0.3 is 12.4 Å². The van der Waals surface area contributed by atoms with Crippen LogP contribution in [0, 0.1) is 11.6 Å². The van der Waals surface area contributed by atoms with Crippen molar-refractivity contribution in [3.8, 4) is 0 Å². The maximum absolute atomic E-state index is 14.6. The normalized spacial score (nSPS) is 19.7. The van der Waals surface area contributed by atoms with Crippen LogP contribution in [0.3, 0.4) is 0 Å². The molecule has 2 aliphatic heterocycles. The highest BCUT2D eigenvalue weighted by Crippen LogP contribution is 2.49. The lowest BCUT2D eigenvalue weighted by Crippen LogP contribution is -2.62. The van der Waals surface area contributed by atoms with Gasteiger partial charge in [0.15, 0.2) is 5.82 Å². The molecule has 1 N–H and O–H groups in total.